The molecule has 0 aliphatic heterocycles. The molecule has 0 unspecified atom stereocenters. The van der Waals surface area contributed by atoms with Gasteiger partial charge in [-0.2, -0.15) is 0 Å². The van der Waals surface area contributed by atoms with E-state index in [2.05, 4.69) is 17.4 Å². The van der Waals surface area contributed by atoms with Gasteiger partial charge in [-0.25, -0.2) is 9.59 Å². The second kappa shape index (κ2) is 11.5. The number of benzene rings is 1. The first-order chi connectivity index (χ1) is 13.6. The van der Waals surface area contributed by atoms with Crippen molar-refractivity contribution >= 4 is 17.5 Å². The van der Waals surface area contributed by atoms with Gasteiger partial charge < -0.3 is 9.47 Å². The molecule has 28 heavy (non-hydrogen) atoms. The van der Waals surface area contributed by atoms with Gasteiger partial charge in [0.15, 0.2) is 0 Å². The predicted molar refractivity (Wildman–Crippen MR) is 112 cm³/mol. The average Bonchev–Trinajstić information content (AvgIpc) is 3.45. The summed E-state index contributed by atoms with van der Waals surface area (Å²) in [7, 11) is 2.84. The fourth-order valence-corrected chi connectivity index (χ4v) is 3.98. The second-order valence-electron chi connectivity index (χ2n) is 7.48. The monoisotopic (exact) mass is 384 g/mol. The van der Waals surface area contributed by atoms with E-state index in [9.17, 15) is 9.59 Å². The number of ether oxygens (including phenoxy) is 2. The van der Waals surface area contributed by atoms with Gasteiger partial charge in [0.25, 0.3) is 0 Å². The van der Waals surface area contributed by atoms with Crippen LogP contribution in [0, 0.1) is 11.8 Å². The zero-order valence-corrected chi connectivity index (χ0v) is 17.1. The van der Waals surface area contributed by atoms with Crippen LogP contribution in [0.25, 0.3) is 5.57 Å². The quantitative estimate of drug-likeness (QED) is 0.508. The maximum atomic E-state index is 11.8. The van der Waals surface area contributed by atoms with Crippen molar-refractivity contribution in [3.8, 4) is 0 Å². The van der Waals surface area contributed by atoms with Crippen molar-refractivity contribution in [1.82, 2.24) is 0 Å². The van der Waals surface area contributed by atoms with Gasteiger partial charge in [0.05, 0.1) is 19.8 Å². The second-order valence-corrected chi connectivity index (χ2v) is 7.48. The van der Waals surface area contributed by atoms with Gasteiger partial charge in [0.1, 0.15) is 0 Å². The highest BCUT2D eigenvalue weighted by molar-refractivity contribution is 6.15. The van der Waals surface area contributed by atoms with Crippen molar-refractivity contribution in [2.75, 3.05) is 14.2 Å². The summed E-state index contributed by atoms with van der Waals surface area (Å²) in [4.78, 5) is 22.8. The van der Waals surface area contributed by atoms with E-state index < -0.39 is 0 Å². The lowest BCUT2D eigenvalue weighted by atomic mass is 9.93. The highest BCUT2D eigenvalue weighted by Crippen LogP contribution is 2.35. The van der Waals surface area contributed by atoms with Crippen molar-refractivity contribution in [3.63, 3.8) is 0 Å². The third-order valence-corrected chi connectivity index (χ3v) is 5.59. The lowest BCUT2D eigenvalue weighted by Crippen LogP contribution is -2.13. The zero-order chi connectivity index (χ0) is 20.4. The predicted octanol–water partition coefficient (Wildman–Crippen LogP) is 5.34. The van der Waals surface area contributed by atoms with E-state index in [-0.39, 0.29) is 11.9 Å². The van der Waals surface area contributed by atoms with Crippen molar-refractivity contribution < 1.29 is 19.1 Å². The summed E-state index contributed by atoms with van der Waals surface area (Å²) in [6.45, 7) is 3.62. The molecule has 0 aromatic heterocycles. The summed E-state index contributed by atoms with van der Waals surface area (Å²) in [6, 6.07) is 9.22. The Morgan fingerprint density at radius 2 is 1.43 bits per heavy atom. The van der Waals surface area contributed by atoms with Crippen molar-refractivity contribution in [2.45, 2.75) is 51.4 Å². The lowest BCUT2D eigenvalue weighted by Gasteiger charge is -2.14. The van der Waals surface area contributed by atoms with Crippen LogP contribution in [-0.4, -0.2) is 26.2 Å². The molecule has 4 nitrogen and oxygen atoms in total. The van der Waals surface area contributed by atoms with E-state index >= 15 is 0 Å². The Bertz CT molecular complexity index is 678. The molecule has 0 bridgehead atoms. The van der Waals surface area contributed by atoms with E-state index in [4.69, 9.17) is 4.74 Å². The fourth-order valence-electron chi connectivity index (χ4n) is 3.98. The number of carbonyl (C=O) groups is 2. The minimum atomic E-state index is -0.388. The number of methoxy groups -OCH3 is 2. The molecule has 2 aliphatic rings. The molecule has 0 atom stereocenters. The summed E-state index contributed by atoms with van der Waals surface area (Å²) in [6.07, 6.45) is 12.3. The van der Waals surface area contributed by atoms with Gasteiger partial charge in [-0.15, -0.1) is 0 Å². The first-order valence-electron chi connectivity index (χ1n) is 10.2. The third-order valence-electron chi connectivity index (χ3n) is 5.59. The molecule has 2 fully saturated rings. The summed E-state index contributed by atoms with van der Waals surface area (Å²) < 4.78 is 9.46. The first-order valence-corrected chi connectivity index (χ1v) is 10.2. The van der Waals surface area contributed by atoms with Gasteiger partial charge in [-0.1, -0.05) is 68.7 Å². The number of allylic oxidation sites excluding steroid dienone is 1. The molecule has 1 aromatic carbocycles. The highest BCUT2D eigenvalue weighted by atomic mass is 16.5. The van der Waals surface area contributed by atoms with Crippen LogP contribution in [0.1, 0.15) is 56.9 Å². The molecule has 3 rings (SSSR count). The Morgan fingerprint density at radius 3 is 1.96 bits per heavy atom. The van der Waals surface area contributed by atoms with Crippen LogP contribution in [0.2, 0.25) is 0 Å². The van der Waals surface area contributed by atoms with Crippen LogP contribution in [0.5, 0.6) is 0 Å². The zero-order valence-electron chi connectivity index (χ0n) is 17.1. The van der Waals surface area contributed by atoms with Gasteiger partial charge in [0.2, 0.25) is 0 Å². The smallest absolute Gasteiger partial charge is 0.337 e. The molecule has 2 saturated carbocycles. The summed E-state index contributed by atoms with van der Waals surface area (Å²) in [5.41, 5.74) is 2.16. The fraction of sp³-hybridized carbons (Fsp3) is 0.500. The Balaban J connectivity index is 0.000000209. The topological polar surface area (TPSA) is 52.6 Å². The lowest BCUT2D eigenvalue weighted by molar-refractivity contribution is -0.137. The molecule has 0 N–H and O–H groups in total. The van der Waals surface area contributed by atoms with E-state index in [0.29, 0.717) is 17.4 Å². The molecule has 1 aromatic rings. The molecule has 0 amide bonds. The molecular weight excluding hydrogens is 352 g/mol. The number of hydrogen-bond donors (Lipinski definition) is 0. The van der Waals surface area contributed by atoms with Crippen LogP contribution in [0.15, 0.2) is 48.6 Å². The normalized spacial score (nSPS) is 17.6. The van der Waals surface area contributed by atoms with Crippen molar-refractivity contribution in [1.29, 1.82) is 0 Å². The minimum Gasteiger partial charge on any atom is -0.466 e. The SMILES string of the molecule is C=C(C(=O)OC)c1ccccc1.COC(=O)C(=CC1CCCC1)C1CCCC1. The molecular formula is C24H32O4. The Morgan fingerprint density at radius 1 is 0.893 bits per heavy atom. The largest absolute Gasteiger partial charge is 0.466 e. The van der Waals surface area contributed by atoms with E-state index in [0.717, 1.165) is 11.1 Å². The molecule has 0 saturated heterocycles. The van der Waals surface area contributed by atoms with E-state index in [1.807, 2.05) is 30.3 Å². The Hall–Kier alpha value is -2.36. The first kappa shape index (κ1) is 21.9. The standard InChI is InChI=1S/C14H22O2.C10H10O2/c1-16-14(15)13(12-8-4-5-9-12)10-11-6-2-3-7-11;1-8(10(11)12-2)9-6-4-3-5-7-9/h10-12H,2-9H2,1H3;3-7H,1H2,2H3. The van der Waals surface area contributed by atoms with E-state index in [1.54, 1.807) is 0 Å². The van der Waals surface area contributed by atoms with Gasteiger partial charge >= 0.3 is 11.9 Å². The Kier molecular flexibility index (Phi) is 8.99. The number of hydrogen-bond acceptors (Lipinski definition) is 4. The van der Waals surface area contributed by atoms with Crippen LogP contribution >= 0.6 is 0 Å². The number of esters is 2. The number of rotatable bonds is 5. The van der Waals surface area contributed by atoms with Gasteiger partial charge in [-0.3, -0.25) is 0 Å². The average molecular weight is 385 g/mol. The summed E-state index contributed by atoms with van der Waals surface area (Å²) >= 11 is 0. The van der Waals surface area contributed by atoms with Crippen molar-refractivity contribution in [3.05, 3.63) is 54.1 Å². The highest BCUT2D eigenvalue weighted by Gasteiger charge is 2.26. The van der Waals surface area contributed by atoms with Gasteiger partial charge in [-0.05, 0) is 43.1 Å². The maximum Gasteiger partial charge on any atom is 0.337 e. The van der Waals surface area contributed by atoms with Crippen LogP contribution in [0.3, 0.4) is 0 Å². The maximum absolute atomic E-state index is 11.8. The van der Waals surface area contributed by atoms with Crippen LogP contribution in [0.4, 0.5) is 0 Å². The molecule has 2 aliphatic carbocycles. The number of carbonyl (C=O) groups excluding carboxylic acids is 2. The van der Waals surface area contributed by atoms with E-state index in [1.165, 1.54) is 65.6 Å². The third kappa shape index (κ3) is 6.36. The molecule has 0 spiro atoms. The Labute approximate surface area is 168 Å². The molecule has 4 heteroatoms. The molecule has 0 heterocycles. The van der Waals surface area contributed by atoms with Crippen LogP contribution in [-0.2, 0) is 19.1 Å². The minimum absolute atomic E-state index is 0.0844. The molecule has 0 radical (unpaired) electrons. The summed E-state index contributed by atoms with van der Waals surface area (Å²) in [5.74, 6) is 0.641. The van der Waals surface area contributed by atoms with Crippen molar-refractivity contribution in [2.24, 2.45) is 11.8 Å². The molecule has 152 valence electrons. The van der Waals surface area contributed by atoms with Crippen LogP contribution < -0.4 is 0 Å². The van der Waals surface area contributed by atoms with Gasteiger partial charge in [0, 0.05) is 5.57 Å². The summed E-state index contributed by atoms with van der Waals surface area (Å²) in [5, 5.41) is 0.